The minimum absolute atomic E-state index is 0.169. The summed E-state index contributed by atoms with van der Waals surface area (Å²) in [6, 6.07) is 9.74. The van der Waals surface area contributed by atoms with Crippen LogP contribution in [-0.2, 0) is 4.84 Å². The molecule has 1 fully saturated rings. The van der Waals surface area contributed by atoms with Gasteiger partial charge in [0.2, 0.25) is 0 Å². The van der Waals surface area contributed by atoms with E-state index in [0.717, 1.165) is 43.3 Å². The third kappa shape index (κ3) is 4.45. The van der Waals surface area contributed by atoms with Gasteiger partial charge in [0, 0.05) is 38.3 Å². The Morgan fingerprint density at radius 1 is 1.16 bits per heavy atom. The SMILES string of the molecule is CON=C(CN1CCN(c2ccc(O)cn2)CC1)c1ccc(F)cc1. The van der Waals surface area contributed by atoms with Gasteiger partial charge in [0.15, 0.2) is 0 Å². The Balaban J connectivity index is 1.61. The summed E-state index contributed by atoms with van der Waals surface area (Å²) in [5, 5.41) is 13.4. The maximum absolute atomic E-state index is 13.1. The van der Waals surface area contributed by atoms with Crippen LogP contribution in [0, 0.1) is 5.82 Å². The third-order valence-electron chi connectivity index (χ3n) is 4.18. The fraction of sp³-hybridized carbons (Fsp3) is 0.333. The molecule has 1 N–H and O–H groups in total. The predicted octanol–water partition coefficient (Wildman–Crippen LogP) is 2.10. The lowest BCUT2D eigenvalue weighted by Gasteiger charge is -2.35. The zero-order valence-corrected chi connectivity index (χ0v) is 14.1. The number of benzene rings is 1. The highest BCUT2D eigenvalue weighted by atomic mass is 19.1. The number of oxime groups is 1. The van der Waals surface area contributed by atoms with Gasteiger partial charge in [-0.1, -0.05) is 17.3 Å². The van der Waals surface area contributed by atoms with E-state index in [-0.39, 0.29) is 11.6 Å². The standard InChI is InChI=1S/C18H21FN4O2/c1-25-21-17(14-2-4-15(19)5-3-14)13-22-8-10-23(11-9-22)18-7-6-16(24)12-20-18/h2-7,12,24H,8-11,13H2,1H3. The van der Waals surface area contributed by atoms with E-state index in [9.17, 15) is 9.50 Å². The van der Waals surface area contributed by atoms with Crippen molar-refractivity contribution in [3.8, 4) is 5.75 Å². The highest BCUT2D eigenvalue weighted by Gasteiger charge is 2.20. The number of pyridine rings is 1. The number of rotatable bonds is 5. The monoisotopic (exact) mass is 344 g/mol. The Morgan fingerprint density at radius 2 is 1.88 bits per heavy atom. The van der Waals surface area contributed by atoms with Gasteiger partial charge >= 0.3 is 0 Å². The second-order valence-corrected chi connectivity index (χ2v) is 5.87. The fourth-order valence-corrected chi connectivity index (χ4v) is 2.84. The van der Waals surface area contributed by atoms with E-state index in [1.807, 2.05) is 6.07 Å². The van der Waals surface area contributed by atoms with Crippen LogP contribution < -0.4 is 4.90 Å². The molecule has 25 heavy (non-hydrogen) atoms. The number of aromatic hydroxyl groups is 1. The molecular weight excluding hydrogens is 323 g/mol. The van der Waals surface area contributed by atoms with Gasteiger partial charge in [-0.15, -0.1) is 0 Å². The lowest BCUT2D eigenvalue weighted by molar-refractivity contribution is 0.209. The largest absolute Gasteiger partial charge is 0.506 e. The van der Waals surface area contributed by atoms with E-state index >= 15 is 0 Å². The molecule has 0 atom stereocenters. The molecular formula is C18H21FN4O2. The summed E-state index contributed by atoms with van der Waals surface area (Å²) in [7, 11) is 1.51. The molecule has 7 heteroatoms. The van der Waals surface area contributed by atoms with Gasteiger partial charge in [-0.25, -0.2) is 9.37 Å². The molecule has 0 aliphatic carbocycles. The minimum atomic E-state index is -0.268. The van der Waals surface area contributed by atoms with Crippen LogP contribution in [0.15, 0.2) is 47.8 Å². The van der Waals surface area contributed by atoms with Crippen LogP contribution in [0.5, 0.6) is 5.75 Å². The number of piperazine rings is 1. The van der Waals surface area contributed by atoms with E-state index in [0.29, 0.717) is 6.54 Å². The number of anilines is 1. The molecule has 2 aromatic rings. The fourth-order valence-electron chi connectivity index (χ4n) is 2.84. The van der Waals surface area contributed by atoms with Crippen molar-refractivity contribution >= 4 is 11.5 Å². The maximum Gasteiger partial charge on any atom is 0.134 e. The van der Waals surface area contributed by atoms with Crippen molar-refractivity contribution in [2.75, 3.05) is 44.7 Å². The summed E-state index contributed by atoms with van der Waals surface area (Å²) in [5.74, 6) is 0.763. The summed E-state index contributed by atoms with van der Waals surface area (Å²) in [5.41, 5.74) is 1.63. The molecule has 1 aliphatic heterocycles. The predicted molar refractivity (Wildman–Crippen MR) is 94.5 cm³/mol. The van der Waals surface area contributed by atoms with E-state index in [4.69, 9.17) is 4.84 Å². The molecule has 0 amide bonds. The van der Waals surface area contributed by atoms with E-state index < -0.39 is 0 Å². The number of hydrogen-bond acceptors (Lipinski definition) is 6. The van der Waals surface area contributed by atoms with Crippen LogP contribution in [-0.4, -0.2) is 60.5 Å². The van der Waals surface area contributed by atoms with Crippen LogP contribution in [0.25, 0.3) is 0 Å². The maximum atomic E-state index is 13.1. The highest BCUT2D eigenvalue weighted by Crippen LogP contribution is 2.17. The van der Waals surface area contributed by atoms with Crippen molar-refractivity contribution in [3.05, 3.63) is 54.0 Å². The van der Waals surface area contributed by atoms with Crippen LogP contribution in [0.3, 0.4) is 0 Å². The average molecular weight is 344 g/mol. The first-order valence-electron chi connectivity index (χ1n) is 8.14. The molecule has 132 valence electrons. The van der Waals surface area contributed by atoms with Gasteiger partial charge in [-0.3, -0.25) is 4.90 Å². The lowest BCUT2D eigenvalue weighted by atomic mass is 10.1. The number of aromatic nitrogens is 1. The second kappa shape index (κ2) is 7.94. The molecule has 1 saturated heterocycles. The minimum Gasteiger partial charge on any atom is -0.506 e. The molecule has 1 aromatic heterocycles. The molecule has 0 saturated carbocycles. The molecule has 2 heterocycles. The Bertz CT molecular complexity index is 711. The number of hydrogen-bond donors (Lipinski definition) is 1. The van der Waals surface area contributed by atoms with Gasteiger partial charge in [-0.2, -0.15) is 0 Å². The van der Waals surface area contributed by atoms with Gasteiger partial charge in [-0.05, 0) is 24.3 Å². The van der Waals surface area contributed by atoms with Crippen LogP contribution in [0.2, 0.25) is 0 Å². The van der Waals surface area contributed by atoms with Gasteiger partial charge in [0.25, 0.3) is 0 Å². The van der Waals surface area contributed by atoms with Gasteiger partial charge in [0.1, 0.15) is 30.2 Å². The smallest absolute Gasteiger partial charge is 0.134 e. The van der Waals surface area contributed by atoms with Crippen LogP contribution in [0.1, 0.15) is 5.56 Å². The molecule has 0 radical (unpaired) electrons. The first kappa shape index (κ1) is 17.2. The Morgan fingerprint density at radius 3 is 2.48 bits per heavy atom. The topological polar surface area (TPSA) is 61.2 Å². The van der Waals surface area contributed by atoms with Crippen molar-refractivity contribution in [2.24, 2.45) is 5.16 Å². The Kier molecular flexibility index (Phi) is 5.45. The highest BCUT2D eigenvalue weighted by molar-refractivity contribution is 6.01. The van der Waals surface area contributed by atoms with Gasteiger partial charge in [0.05, 0.1) is 6.20 Å². The normalized spacial score (nSPS) is 16.1. The van der Waals surface area contributed by atoms with E-state index in [2.05, 4.69) is 19.9 Å². The van der Waals surface area contributed by atoms with Crippen LogP contribution >= 0.6 is 0 Å². The number of halogens is 1. The van der Waals surface area contributed by atoms with Crippen molar-refractivity contribution < 1.29 is 14.3 Å². The zero-order valence-electron chi connectivity index (χ0n) is 14.1. The van der Waals surface area contributed by atoms with E-state index in [1.54, 1.807) is 18.2 Å². The van der Waals surface area contributed by atoms with Crippen molar-refractivity contribution in [3.63, 3.8) is 0 Å². The first-order chi connectivity index (χ1) is 12.2. The number of nitrogens with zero attached hydrogens (tertiary/aromatic N) is 4. The van der Waals surface area contributed by atoms with E-state index in [1.165, 1.54) is 25.4 Å². The quantitative estimate of drug-likeness (QED) is 0.665. The summed E-state index contributed by atoms with van der Waals surface area (Å²) in [4.78, 5) is 13.7. The summed E-state index contributed by atoms with van der Waals surface area (Å²) >= 11 is 0. The molecule has 3 rings (SSSR count). The molecule has 1 aromatic carbocycles. The van der Waals surface area contributed by atoms with Crippen molar-refractivity contribution in [1.29, 1.82) is 0 Å². The summed E-state index contributed by atoms with van der Waals surface area (Å²) in [6.45, 7) is 4.01. The van der Waals surface area contributed by atoms with Crippen molar-refractivity contribution in [2.45, 2.75) is 0 Å². The molecule has 0 bridgehead atoms. The zero-order chi connectivity index (χ0) is 17.6. The molecule has 0 unspecified atom stereocenters. The average Bonchev–Trinajstić information content (AvgIpc) is 2.63. The van der Waals surface area contributed by atoms with Crippen molar-refractivity contribution in [1.82, 2.24) is 9.88 Å². The molecule has 6 nitrogen and oxygen atoms in total. The Hall–Kier alpha value is -2.67. The summed E-state index contributed by atoms with van der Waals surface area (Å²) < 4.78 is 13.1. The Labute approximate surface area is 146 Å². The summed E-state index contributed by atoms with van der Waals surface area (Å²) in [6.07, 6.45) is 1.46. The lowest BCUT2D eigenvalue weighted by Crippen LogP contribution is -2.48. The second-order valence-electron chi connectivity index (χ2n) is 5.87. The molecule has 0 spiro atoms. The van der Waals surface area contributed by atoms with Crippen LogP contribution in [0.4, 0.5) is 10.2 Å². The first-order valence-corrected chi connectivity index (χ1v) is 8.14. The molecule has 1 aliphatic rings. The van der Waals surface area contributed by atoms with Gasteiger partial charge < -0.3 is 14.8 Å². The third-order valence-corrected chi connectivity index (χ3v) is 4.18.